The van der Waals surface area contributed by atoms with Gasteiger partial charge in [-0.3, -0.25) is 4.90 Å². The van der Waals surface area contributed by atoms with Gasteiger partial charge in [0, 0.05) is 32.7 Å². The minimum absolute atomic E-state index is 0.144. The molecule has 1 fully saturated rings. The Hall–Kier alpha value is -1.43. The van der Waals surface area contributed by atoms with E-state index in [0.29, 0.717) is 11.8 Å². The van der Waals surface area contributed by atoms with E-state index in [1.165, 1.54) is 5.56 Å². The maximum atomic E-state index is 6.12. The molecule has 0 aliphatic carbocycles. The van der Waals surface area contributed by atoms with Crippen LogP contribution in [0.3, 0.4) is 0 Å². The monoisotopic (exact) mass is 288 g/mol. The Kier molecular flexibility index (Phi) is 4.24. The highest BCUT2D eigenvalue weighted by Gasteiger charge is 2.18. The van der Waals surface area contributed by atoms with Gasteiger partial charge in [0.15, 0.2) is 5.58 Å². The second-order valence-electron chi connectivity index (χ2n) is 6.15. The lowest BCUT2D eigenvalue weighted by Crippen LogP contribution is -2.42. The fraction of sp³-hybridized carbons (Fsp3) is 0.562. The van der Waals surface area contributed by atoms with Crippen LogP contribution in [0, 0.1) is 5.92 Å². The molecular formula is C16H24N4O. The summed E-state index contributed by atoms with van der Waals surface area (Å²) < 4.78 is 5.78. The summed E-state index contributed by atoms with van der Waals surface area (Å²) in [4.78, 5) is 7.02. The van der Waals surface area contributed by atoms with E-state index in [2.05, 4.69) is 41.2 Å². The van der Waals surface area contributed by atoms with Gasteiger partial charge in [0.05, 0.1) is 6.04 Å². The fourth-order valence-corrected chi connectivity index (χ4v) is 2.64. The van der Waals surface area contributed by atoms with Gasteiger partial charge in [0.1, 0.15) is 5.52 Å². The van der Waals surface area contributed by atoms with E-state index < -0.39 is 0 Å². The summed E-state index contributed by atoms with van der Waals surface area (Å²) in [6.45, 7) is 9.46. The molecule has 2 heterocycles. The molecule has 3 N–H and O–H groups in total. The van der Waals surface area contributed by atoms with E-state index in [9.17, 15) is 0 Å². The Bertz CT molecular complexity index is 601. The average Bonchev–Trinajstić information content (AvgIpc) is 2.90. The quantitative estimate of drug-likeness (QED) is 0.899. The molecule has 1 unspecified atom stereocenters. The third-order valence-corrected chi connectivity index (χ3v) is 4.09. The minimum atomic E-state index is -0.144. The molecule has 3 rings (SSSR count). The van der Waals surface area contributed by atoms with Crippen LogP contribution in [-0.4, -0.2) is 36.1 Å². The van der Waals surface area contributed by atoms with E-state index in [1.807, 2.05) is 6.07 Å². The molecule has 1 atom stereocenters. The zero-order valence-electron chi connectivity index (χ0n) is 12.8. The van der Waals surface area contributed by atoms with Crippen molar-refractivity contribution in [3.05, 3.63) is 29.7 Å². The summed E-state index contributed by atoms with van der Waals surface area (Å²) >= 11 is 0. The molecule has 1 aromatic carbocycles. The Morgan fingerprint density at radius 2 is 2.10 bits per heavy atom. The maximum absolute atomic E-state index is 6.12. The van der Waals surface area contributed by atoms with Crippen molar-refractivity contribution in [1.29, 1.82) is 0 Å². The molecule has 114 valence electrons. The number of piperazine rings is 1. The zero-order valence-corrected chi connectivity index (χ0v) is 12.8. The summed E-state index contributed by atoms with van der Waals surface area (Å²) in [7, 11) is 0. The number of nitrogens with zero attached hydrogens (tertiary/aromatic N) is 2. The lowest BCUT2D eigenvalue weighted by Gasteiger charge is -2.27. The van der Waals surface area contributed by atoms with Crippen LogP contribution in [0.1, 0.15) is 31.3 Å². The number of aromatic nitrogens is 1. The van der Waals surface area contributed by atoms with Crippen molar-refractivity contribution < 1.29 is 4.42 Å². The van der Waals surface area contributed by atoms with Crippen LogP contribution < -0.4 is 11.1 Å². The highest BCUT2D eigenvalue weighted by molar-refractivity contribution is 5.73. The highest BCUT2D eigenvalue weighted by atomic mass is 16.3. The van der Waals surface area contributed by atoms with E-state index in [1.54, 1.807) is 0 Å². The topological polar surface area (TPSA) is 67.3 Å². The number of benzene rings is 1. The third kappa shape index (κ3) is 3.26. The van der Waals surface area contributed by atoms with Gasteiger partial charge in [-0.15, -0.1) is 0 Å². The summed E-state index contributed by atoms with van der Waals surface area (Å²) in [5.74, 6) is 0.956. The number of rotatable bonds is 4. The van der Waals surface area contributed by atoms with Crippen LogP contribution in [0.25, 0.3) is 11.1 Å². The molecule has 0 radical (unpaired) electrons. The molecule has 1 aliphatic heterocycles. The van der Waals surface area contributed by atoms with Crippen molar-refractivity contribution >= 4 is 11.1 Å². The third-order valence-electron chi connectivity index (χ3n) is 4.09. The summed E-state index contributed by atoms with van der Waals surface area (Å²) in [5, 5.41) is 3.37. The molecule has 1 aromatic heterocycles. The number of hydrogen-bond donors (Lipinski definition) is 2. The van der Waals surface area contributed by atoms with Crippen LogP contribution in [0.2, 0.25) is 0 Å². The maximum Gasteiger partial charge on any atom is 0.212 e. The highest BCUT2D eigenvalue weighted by Crippen LogP contribution is 2.24. The van der Waals surface area contributed by atoms with E-state index in [4.69, 9.17) is 10.2 Å². The van der Waals surface area contributed by atoms with Gasteiger partial charge in [-0.1, -0.05) is 19.9 Å². The van der Waals surface area contributed by atoms with Gasteiger partial charge in [0.2, 0.25) is 5.89 Å². The molecule has 21 heavy (non-hydrogen) atoms. The first-order valence-electron chi connectivity index (χ1n) is 7.71. The number of fused-ring (bicyclic) bond motifs is 1. The molecule has 0 spiro atoms. The summed E-state index contributed by atoms with van der Waals surface area (Å²) in [5.41, 5.74) is 9.13. The van der Waals surface area contributed by atoms with E-state index in [-0.39, 0.29) is 6.04 Å². The minimum Gasteiger partial charge on any atom is -0.439 e. The molecule has 0 amide bonds. The first kappa shape index (κ1) is 14.5. The van der Waals surface area contributed by atoms with Crippen LogP contribution in [0.5, 0.6) is 0 Å². The van der Waals surface area contributed by atoms with Crippen molar-refractivity contribution in [2.75, 3.05) is 26.2 Å². The van der Waals surface area contributed by atoms with Gasteiger partial charge in [-0.05, 0) is 23.6 Å². The molecule has 5 heteroatoms. The van der Waals surface area contributed by atoms with Gasteiger partial charge < -0.3 is 15.5 Å². The van der Waals surface area contributed by atoms with Crippen LogP contribution in [0.15, 0.2) is 22.6 Å². The molecule has 0 bridgehead atoms. The van der Waals surface area contributed by atoms with Crippen molar-refractivity contribution in [3.8, 4) is 0 Å². The van der Waals surface area contributed by atoms with Crippen molar-refractivity contribution in [1.82, 2.24) is 15.2 Å². The second kappa shape index (κ2) is 6.13. The Labute approximate surface area is 125 Å². The van der Waals surface area contributed by atoms with Gasteiger partial charge in [-0.25, -0.2) is 4.98 Å². The number of hydrogen-bond acceptors (Lipinski definition) is 5. The zero-order chi connectivity index (χ0) is 14.8. The van der Waals surface area contributed by atoms with Gasteiger partial charge in [0.25, 0.3) is 0 Å². The average molecular weight is 288 g/mol. The lowest BCUT2D eigenvalue weighted by molar-refractivity contribution is 0.233. The Morgan fingerprint density at radius 1 is 1.33 bits per heavy atom. The summed E-state index contributed by atoms with van der Waals surface area (Å²) in [6.07, 6.45) is 0. The SMILES string of the molecule is CC(C)C(N)c1nc2cc(CN3CCNCC3)ccc2o1. The first-order chi connectivity index (χ1) is 10.1. The van der Waals surface area contributed by atoms with Crippen LogP contribution >= 0.6 is 0 Å². The summed E-state index contributed by atoms with van der Waals surface area (Å²) in [6, 6.07) is 6.11. The fourth-order valence-electron chi connectivity index (χ4n) is 2.64. The predicted molar refractivity (Wildman–Crippen MR) is 83.9 cm³/mol. The standard InChI is InChI=1S/C16H24N4O/c1-11(2)15(17)16-19-13-9-12(3-4-14(13)21-16)10-20-7-5-18-6-8-20/h3-4,9,11,15,18H,5-8,10,17H2,1-2H3. The molecule has 0 saturated carbocycles. The van der Waals surface area contributed by atoms with Crippen molar-refractivity contribution in [2.24, 2.45) is 11.7 Å². The molecule has 1 aliphatic rings. The lowest BCUT2D eigenvalue weighted by atomic mass is 10.1. The molecule has 2 aromatic rings. The Morgan fingerprint density at radius 3 is 2.81 bits per heavy atom. The number of oxazole rings is 1. The van der Waals surface area contributed by atoms with Gasteiger partial charge in [-0.2, -0.15) is 0 Å². The van der Waals surface area contributed by atoms with Gasteiger partial charge >= 0.3 is 0 Å². The predicted octanol–water partition coefficient (Wildman–Crippen LogP) is 1.89. The number of nitrogens with one attached hydrogen (secondary N) is 1. The molecule has 5 nitrogen and oxygen atoms in total. The Balaban J connectivity index is 1.79. The molecule has 1 saturated heterocycles. The smallest absolute Gasteiger partial charge is 0.212 e. The van der Waals surface area contributed by atoms with Crippen LogP contribution in [0.4, 0.5) is 0 Å². The largest absolute Gasteiger partial charge is 0.439 e. The van der Waals surface area contributed by atoms with E-state index in [0.717, 1.165) is 43.8 Å². The second-order valence-corrected chi connectivity index (χ2v) is 6.15. The van der Waals surface area contributed by atoms with Crippen LogP contribution in [-0.2, 0) is 6.54 Å². The van der Waals surface area contributed by atoms with Crippen molar-refractivity contribution in [2.45, 2.75) is 26.4 Å². The van der Waals surface area contributed by atoms with E-state index >= 15 is 0 Å². The molecular weight excluding hydrogens is 264 g/mol. The normalized spacial score (nSPS) is 18.5. The van der Waals surface area contributed by atoms with Crippen molar-refractivity contribution in [3.63, 3.8) is 0 Å². The first-order valence-corrected chi connectivity index (χ1v) is 7.71. The number of nitrogens with two attached hydrogens (primary N) is 1.